The summed E-state index contributed by atoms with van der Waals surface area (Å²) in [5.41, 5.74) is 5.42. The van der Waals surface area contributed by atoms with E-state index in [1.807, 2.05) is 54.6 Å². The minimum atomic E-state index is -1.92. The molecule has 0 aliphatic rings. The molecule has 0 saturated carbocycles. The van der Waals surface area contributed by atoms with Gasteiger partial charge < -0.3 is 9.84 Å². The van der Waals surface area contributed by atoms with Crippen molar-refractivity contribution in [3.63, 3.8) is 0 Å². The van der Waals surface area contributed by atoms with Crippen LogP contribution in [-0.4, -0.2) is 18.4 Å². The molecule has 3 rings (SSSR count). The van der Waals surface area contributed by atoms with Crippen LogP contribution in [0.4, 0.5) is 5.69 Å². The van der Waals surface area contributed by atoms with Crippen LogP contribution in [0.2, 0.25) is 0 Å². The van der Waals surface area contributed by atoms with Crippen molar-refractivity contribution in [3.8, 4) is 22.6 Å². The Bertz CT molecular complexity index is 1160. The topological polar surface area (TPSA) is 41.8 Å². The van der Waals surface area contributed by atoms with Crippen LogP contribution in [-0.2, 0) is 25.5 Å². The molecule has 0 heterocycles. The average Bonchev–Trinajstić information content (AvgIpc) is 2.76. The Labute approximate surface area is 227 Å². The third-order valence-electron chi connectivity index (χ3n) is 5.46. The molecular weight excluding hydrogens is 537 g/mol. The van der Waals surface area contributed by atoms with Crippen LogP contribution in [0.15, 0.2) is 65.7 Å². The van der Waals surface area contributed by atoms with Gasteiger partial charge in [0, 0.05) is 28.5 Å². The summed E-state index contributed by atoms with van der Waals surface area (Å²) in [6.07, 6.45) is 1.77. The van der Waals surface area contributed by atoms with E-state index in [9.17, 15) is 5.11 Å². The number of rotatable bonds is 4. The number of methoxy groups -OCH3 is 1. The molecule has 3 aromatic rings. The molecule has 35 heavy (non-hydrogen) atoms. The van der Waals surface area contributed by atoms with E-state index in [1.54, 1.807) is 13.3 Å². The average molecular weight is 570 g/mol. The maximum atomic E-state index is 11.0. The van der Waals surface area contributed by atoms with Crippen LogP contribution in [0.3, 0.4) is 0 Å². The molecule has 0 amide bonds. The second-order valence-electron chi connectivity index (χ2n) is 10.2. The molecule has 1 N–H and O–H groups in total. The number of hydrogen-bond acceptors (Lipinski definition) is 3. The Kier molecular flexibility index (Phi) is 10.8. The van der Waals surface area contributed by atoms with E-state index >= 15 is 0 Å². The number of benzene rings is 3. The molecular formula is C28H33Cl3NO2Ti. The summed E-state index contributed by atoms with van der Waals surface area (Å²) in [6, 6.07) is 20.1. The van der Waals surface area contributed by atoms with Gasteiger partial charge in [0.05, 0.1) is 12.8 Å². The number of ether oxygens (including phenoxy) is 1. The molecule has 3 aromatic carbocycles. The van der Waals surface area contributed by atoms with Crippen molar-refractivity contribution in [1.82, 2.24) is 0 Å². The van der Waals surface area contributed by atoms with E-state index < -0.39 is 14.7 Å². The third kappa shape index (κ3) is 8.55. The molecule has 0 bridgehead atoms. The van der Waals surface area contributed by atoms with E-state index in [2.05, 4.69) is 47.6 Å². The molecule has 0 aromatic heterocycles. The van der Waals surface area contributed by atoms with E-state index in [-0.39, 0.29) is 10.8 Å². The van der Waals surface area contributed by atoms with Gasteiger partial charge in [0.2, 0.25) is 0 Å². The van der Waals surface area contributed by atoms with Gasteiger partial charge in [-0.25, -0.2) is 0 Å². The molecule has 0 atom stereocenters. The van der Waals surface area contributed by atoms with Gasteiger partial charge in [0.15, 0.2) is 0 Å². The summed E-state index contributed by atoms with van der Waals surface area (Å²) in [4.78, 5) is 4.79. The summed E-state index contributed by atoms with van der Waals surface area (Å²) in [5, 5.41) is 11.0. The van der Waals surface area contributed by atoms with Gasteiger partial charge in [-0.05, 0) is 34.6 Å². The summed E-state index contributed by atoms with van der Waals surface area (Å²) in [6.45, 7) is 12.9. The second-order valence-corrected chi connectivity index (χ2v) is 17.9. The fourth-order valence-electron chi connectivity index (χ4n) is 3.58. The van der Waals surface area contributed by atoms with Crippen molar-refractivity contribution >= 4 is 39.8 Å². The molecule has 0 aliphatic carbocycles. The van der Waals surface area contributed by atoms with Crippen molar-refractivity contribution < 1.29 is 24.5 Å². The first-order valence-electron chi connectivity index (χ1n) is 11.2. The van der Waals surface area contributed by atoms with Crippen molar-refractivity contribution in [2.75, 3.05) is 7.11 Å². The van der Waals surface area contributed by atoms with Crippen LogP contribution in [0.1, 0.15) is 58.2 Å². The molecule has 0 radical (unpaired) electrons. The summed E-state index contributed by atoms with van der Waals surface area (Å²) < 4.78 is 5.55. The van der Waals surface area contributed by atoms with Crippen molar-refractivity contribution in [3.05, 3.63) is 77.4 Å². The first-order chi connectivity index (χ1) is 16.3. The van der Waals surface area contributed by atoms with E-state index in [0.29, 0.717) is 5.75 Å². The molecule has 0 spiro atoms. The van der Waals surface area contributed by atoms with Crippen molar-refractivity contribution in [1.29, 1.82) is 0 Å². The summed E-state index contributed by atoms with van der Waals surface area (Å²) in [5.74, 6) is 1.09. The fraction of sp³-hybridized carbons (Fsp3) is 0.321. The van der Waals surface area contributed by atoms with Crippen LogP contribution in [0.25, 0.3) is 11.1 Å². The number of aromatic hydroxyl groups is 1. The first kappa shape index (κ1) is 29.7. The van der Waals surface area contributed by atoms with E-state index in [0.717, 1.165) is 33.7 Å². The van der Waals surface area contributed by atoms with Crippen LogP contribution < -0.4 is 4.74 Å². The van der Waals surface area contributed by atoms with Crippen LogP contribution in [0, 0.1) is 0 Å². The van der Waals surface area contributed by atoms with Gasteiger partial charge in [-0.15, -0.1) is 0 Å². The van der Waals surface area contributed by atoms with Crippen molar-refractivity contribution in [2.45, 2.75) is 52.4 Å². The molecule has 3 nitrogen and oxygen atoms in total. The predicted octanol–water partition coefficient (Wildman–Crippen LogP) is 9.48. The molecule has 0 saturated heterocycles. The predicted molar refractivity (Wildman–Crippen MR) is 149 cm³/mol. The number of para-hydroxylation sites is 2. The Morgan fingerprint density at radius 1 is 0.829 bits per heavy atom. The van der Waals surface area contributed by atoms with Gasteiger partial charge >= 0.3 is 42.6 Å². The summed E-state index contributed by atoms with van der Waals surface area (Å²) >= 11 is -1.92. The Balaban J connectivity index is 0.00000100. The zero-order valence-electron chi connectivity index (χ0n) is 21.3. The van der Waals surface area contributed by atoms with Gasteiger partial charge in [-0.3, -0.25) is 4.99 Å². The Morgan fingerprint density at radius 2 is 1.37 bits per heavy atom. The van der Waals surface area contributed by atoms with Crippen molar-refractivity contribution in [2.24, 2.45) is 4.99 Å². The number of phenolic OH excluding ortho intramolecular Hbond substituents is 1. The molecule has 0 fully saturated rings. The Hall–Kier alpha value is -1.49. The van der Waals surface area contributed by atoms with Gasteiger partial charge in [0.25, 0.3) is 0 Å². The minimum absolute atomic E-state index is 0.0361. The monoisotopic (exact) mass is 568 g/mol. The zero-order valence-corrected chi connectivity index (χ0v) is 25.1. The Morgan fingerprint density at radius 3 is 1.91 bits per heavy atom. The van der Waals surface area contributed by atoms with Gasteiger partial charge in [-0.1, -0.05) is 84.0 Å². The van der Waals surface area contributed by atoms with Gasteiger partial charge in [-0.2, -0.15) is 0 Å². The fourth-order valence-corrected chi connectivity index (χ4v) is 3.58. The second kappa shape index (κ2) is 12.7. The maximum absolute atomic E-state index is 11.0. The van der Waals surface area contributed by atoms with Gasteiger partial charge in [0.1, 0.15) is 11.5 Å². The number of nitrogens with zero attached hydrogens (tertiary/aromatic N) is 1. The molecule has 7 heteroatoms. The standard InChI is InChI=1S/C28H33NO2.3ClH.Ti/c1-27(2,3)20-16-19(26(30)23(17-20)28(4,5)6)18-29-24-14-10-8-12-21(24)22-13-9-11-15-25(22)31-7;;;;/h8-18,30H,1-7H3;3*1H;/q;;;;+3/p-3. The molecule has 0 unspecified atom stereocenters. The normalized spacial score (nSPS) is 11.7. The zero-order chi connectivity index (χ0) is 26.4. The molecule has 0 aliphatic heterocycles. The van der Waals surface area contributed by atoms with E-state index in [4.69, 9.17) is 37.6 Å². The van der Waals surface area contributed by atoms with Crippen LogP contribution >= 0.6 is 27.9 Å². The molecule has 187 valence electrons. The number of halogens is 3. The SMILES string of the molecule is COc1ccccc1-c1ccccc1N=Cc1cc(C(C)(C)C)cc(C(C)(C)C)c1O.[Cl][Ti]([Cl])[Cl]. The quantitative estimate of drug-likeness (QED) is 0.251. The van der Waals surface area contributed by atoms with Crippen LogP contribution in [0.5, 0.6) is 11.5 Å². The number of phenols is 1. The third-order valence-corrected chi connectivity index (χ3v) is 5.46. The van der Waals surface area contributed by atoms with E-state index in [1.165, 1.54) is 5.56 Å². The summed E-state index contributed by atoms with van der Waals surface area (Å²) in [7, 11) is 16.6. The first-order valence-corrected chi connectivity index (χ1v) is 17.7. The number of aliphatic imine (C=N–C) groups is 1. The number of hydrogen-bond donors (Lipinski definition) is 1.